The Hall–Kier alpha value is -2.33. The van der Waals surface area contributed by atoms with Crippen LogP contribution in [0, 0.1) is 0 Å². The third-order valence-corrected chi connectivity index (χ3v) is 4.27. The minimum atomic E-state index is 0.0193. The van der Waals surface area contributed by atoms with Gasteiger partial charge in [0.15, 0.2) is 0 Å². The van der Waals surface area contributed by atoms with Crippen molar-refractivity contribution in [3.8, 4) is 5.75 Å². The molecule has 1 fully saturated rings. The van der Waals surface area contributed by atoms with Gasteiger partial charge in [0, 0.05) is 12.0 Å². The second-order valence-electron chi connectivity index (χ2n) is 5.83. The maximum absolute atomic E-state index is 6.21. The summed E-state index contributed by atoms with van der Waals surface area (Å²) in [5.74, 6) is 0.916. The molecule has 0 aromatic heterocycles. The summed E-state index contributed by atoms with van der Waals surface area (Å²) in [5, 5.41) is 7.02. The van der Waals surface area contributed by atoms with Crippen LogP contribution in [0.25, 0.3) is 0 Å². The van der Waals surface area contributed by atoms with E-state index in [1.54, 1.807) is 0 Å². The fourth-order valence-corrected chi connectivity index (χ4v) is 3.06. The van der Waals surface area contributed by atoms with Gasteiger partial charge in [0.2, 0.25) is 0 Å². The zero-order chi connectivity index (χ0) is 15.5. The molecule has 0 aliphatic carbocycles. The van der Waals surface area contributed by atoms with Gasteiger partial charge in [-0.1, -0.05) is 42.5 Å². The topological polar surface area (TPSA) is 34.1 Å². The Labute approximate surface area is 136 Å². The first-order valence-corrected chi connectivity index (χ1v) is 8.11. The smallest absolute Gasteiger partial charge is 0.129 e. The van der Waals surface area contributed by atoms with Crippen molar-refractivity contribution in [2.45, 2.75) is 12.5 Å². The van der Waals surface area contributed by atoms with Crippen LogP contribution in [0.4, 0.5) is 0 Å². The minimum Gasteiger partial charge on any atom is -0.485 e. The quantitative estimate of drug-likeness (QED) is 0.854. The number of rotatable bonds is 2. The van der Waals surface area contributed by atoms with Crippen LogP contribution in [0.5, 0.6) is 5.75 Å². The number of morpholine rings is 1. The summed E-state index contributed by atoms with van der Waals surface area (Å²) in [6.45, 7) is 3.19. The van der Waals surface area contributed by atoms with Gasteiger partial charge in [-0.25, -0.2) is 0 Å². The highest BCUT2D eigenvalue weighted by molar-refractivity contribution is 6.04. The summed E-state index contributed by atoms with van der Waals surface area (Å²) in [7, 11) is 0. The number of hydrazone groups is 1. The predicted molar refractivity (Wildman–Crippen MR) is 89.8 cm³/mol. The van der Waals surface area contributed by atoms with Crippen molar-refractivity contribution in [1.29, 1.82) is 0 Å². The van der Waals surface area contributed by atoms with Crippen LogP contribution in [0.15, 0.2) is 59.7 Å². The highest BCUT2D eigenvalue weighted by Crippen LogP contribution is 2.35. The van der Waals surface area contributed by atoms with Gasteiger partial charge in [0.1, 0.15) is 11.9 Å². The van der Waals surface area contributed by atoms with Gasteiger partial charge < -0.3 is 9.47 Å². The van der Waals surface area contributed by atoms with Crippen LogP contribution in [-0.2, 0) is 4.74 Å². The Bertz CT molecular complexity index is 694. The first kappa shape index (κ1) is 14.3. The Morgan fingerprint density at radius 1 is 0.913 bits per heavy atom. The number of hydrogen-bond acceptors (Lipinski definition) is 4. The molecule has 2 aromatic carbocycles. The lowest BCUT2D eigenvalue weighted by atomic mass is 9.96. The normalized spacial score (nSPS) is 22.5. The lowest BCUT2D eigenvalue weighted by Gasteiger charge is -2.30. The van der Waals surface area contributed by atoms with Crippen LogP contribution < -0.4 is 4.74 Å². The molecular formula is C19H20N2O2. The van der Waals surface area contributed by atoms with E-state index in [0.29, 0.717) is 0 Å². The van der Waals surface area contributed by atoms with E-state index in [9.17, 15) is 0 Å². The molecule has 4 rings (SSSR count). The van der Waals surface area contributed by atoms with E-state index >= 15 is 0 Å². The number of hydrogen-bond donors (Lipinski definition) is 0. The minimum absolute atomic E-state index is 0.0193. The number of benzene rings is 2. The molecule has 0 spiro atoms. The van der Waals surface area contributed by atoms with Crippen LogP contribution >= 0.6 is 0 Å². The molecule has 0 unspecified atom stereocenters. The molecule has 4 heteroatoms. The van der Waals surface area contributed by atoms with E-state index in [0.717, 1.165) is 49.7 Å². The molecule has 0 saturated carbocycles. The third-order valence-electron chi connectivity index (χ3n) is 4.27. The van der Waals surface area contributed by atoms with Crippen LogP contribution in [0.1, 0.15) is 23.7 Å². The van der Waals surface area contributed by atoms with Crippen molar-refractivity contribution in [3.05, 3.63) is 65.7 Å². The third kappa shape index (κ3) is 3.08. The van der Waals surface area contributed by atoms with E-state index in [1.807, 2.05) is 24.3 Å². The van der Waals surface area contributed by atoms with Gasteiger partial charge in [0.05, 0.1) is 32.0 Å². The molecule has 2 heterocycles. The van der Waals surface area contributed by atoms with Crippen LogP contribution in [0.2, 0.25) is 0 Å². The second-order valence-corrected chi connectivity index (χ2v) is 5.83. The molecule has 118 valence electrons. The SMILES string of the molecule is c1ccc([C@H]2C/C(=N/N3CCOCC3)c3ccccc3O2)cc1. The highest BCUT2D eigenvalue weighted by atomic mass is 16.5. The van der Waals surface area contributed by atoms with Crippen molar-refractivity contribution in [2.75, 3.05) is 26.3 Å². The van der Waals surface area contributed by atoms with Gasteiger partial charge in [-0.05, 0) is 17.7 Å². The number of ether oxygens (including phenoxy) is 2. The maximum Gasteiger partial charge on any atom is 0.129 e. The molecule has 0 amide bonds. The van der Waals surface area contributed by atoms with E-state index in [-0.39, 0.29) is 6.10 Å². The molecule has 0 bridgehead atoms. The van der Waals surface area contributed by atoms with E-state index in [4.69, 9.17) is 14.6 Å². The molecule has 2 aliphatic rings. The van der Waals surface area contributed by atoms with Gasteiger partial charge in [-0.15, -0.1) is 0 Å². The molecule has 4 nitrogen and oxygen atoms in total. The van der Waals surface area contributed by atoms with Crippen molar-refractivity contribution in [1.82, 2.24) is 5.01 Å². The van der Waals surface area contributed by atoms with E-state index in [2.05, 4.69) is 35.3 Å². The predicted octanol–water partition coefficient (Wildman–Crippen LogP) is 3.25. The summed E-state index contributed by atoms with van der Waals surface area (Å²) >= 11 is 0. The van der Waals surface area contributed by atoms with Crippen LogP contribution in [0.3, 0.4) is 0 Å². The van der Waals surface area contributed by atoms with Gasteiger partial charge in [-0.2, -0.15) is 5.10 Å². The second kappa shape index (κ2) is 6.42. The fourth-order valence-electron chi connectivity index (χ4n) is 3.06. The standard InChI is InChI=1S/C19H20N2O2/c1-2-6-15(7-3-1)19-14-17(20-21-10-12-22-13-11-21)16-8-4-5-9-18(16)23-19/h1-9,19H,10-14H2/b20-17-/t19-/m1/s1. The zero-order valence-corrected chi connectivity index (χ0v) is 13.0. The van der Waals surface area contributed by atoms with Gasteiger partial charge in [-0.3, -0.25) is 5.01 Å². The largest absolute Gasteiger partial charge is 0.485 e. The van der Waals surface area contributed by atoms with Gasteiger partial charge >= 0.3 is 0 Å². The molecule has 0 N–H and O–H groups in total. The van der Waals surface area contributed by atoms with E-state index < -0.39 is 0 Å². The highest BCUT2D eigenvalue weighted by Gasteiger charge is 2.26. The Kier molecular flexibility index (Phi) is 3.99. The first-order valence-electron chi connectivity index (χ1n) is 8.11. The number of fused-ring (bicyclic) bond motifs is 1. The fraction of sp³-hybridized carbons (Fsp3) is 0.316. The van der Waals surface area contributed by atoms with Crippen molar-refractivity contribution < 1.29 is 9.47 Å². The Morgan fingerprint density at radius 2 is 1.65 bits per heavy atom. The summed E-state index contributed by atoms with van der Waals surface area (Å²) < 4.78 is 11.6. The molecule has 0 radical (unpaired) electrons. The Balaban J connectivity index is 1.67. The molecule has 2 aromatic rings. The number of para-hydroxylation sites is 1. The Morgan fingerprint density at radius 3 is 2.48 bits per heavy atom. The molecular weight excluding hydrogens is 288 g/mol. The molecule has 1 atom stereocenters. The average molecular weight is 308 g/mol. The molecule has 23 heavy (non-hydrogen) atoms. The first-order chi connectivity index (χ1) is 11.4. The van der Waals surface area contributed by atoms with E-state index in [1.165, 1.54) is 5.56 Å². The zero-order valence-electron chi connectivity index (χ0n) is 13.0. The lowest BCUT2D eigenvalue weighted by Crippen LogP contribution is -2.34. The average Bonchev–Trinajstić information content (AvgIpc) is 2.63. The molecule has 1 saturated heterocycles. The van der Waals surface area contributed by atoms with Crippen LogP contribution in [-0.4, -0.2) is 37.0 Å². The summed E-state index contributed by atoms with van der Waals surface area (Å²) in [4.78, 5) is 0. The van der Waals surface area contributed by atoms with Gasteiger partial charge in [0.25, 0.3) is 0 Å². The summed E-state index contributed by atoms with van der Waals surface area (Å²) in [6.07, 6.45) is 0.809. The number of nitrogens with zero attached hydrogens (tertiary/aromatic N) is 2. The van der Waals surface area contributed by atoms with Crippen molar-refractivity contribution >= 4 is 5.71 Å². The summed E-state index contributed by atoms with van der Waals surface area (Å²) in [6, 6.07) is 18.5. The summed E-state index contributed by atoms with van der Waals surface area (Å²) in [5.41, 5.74) is 3.39. The van der Waals surface area contributed by atoms with Crippen molar-refractivity contribution in [2.24, 2.45) is 5.10 Å². The lowest BCUT2D eigenvalue weighted by molar-refractivity contribution is 0.0390. The van der Waals surface area contributed by atoms with Crippen molar-refractivity contribution in [3.63, 3.8) is 0 Å². The monoisotopic (exact) mass is 308 g/mol. The molecule has 2 aliphatic heterocycles. The maximum atomic E-state index is 6.21.